The van der Waals surface area contributed by atoms with Crippen LogP contribution in [0.3, 0.4) is 0 Å². The molecule has 0 radical (unpaired) electrons. The molecule has 0 fully saturated rings. The first-order chi connectivity index (χ1) is 28.5. The fourth-order valence-electron chi connectivity index (χ4n) is 6.51. The molecule has 0 aliphatic heterocycles. The van der Waals surface area contributed by atoms with Crippen molar-refractivity contribution in [2.45, 2.75) is 212 Å². The van der Waals surface area contributed by atoms with Gasteiger partial charge in [-0.15, -0.1) is 0 Å². The van der Waals surface area contributed by atoms with Gasteiger partial charge in [0.25, 0.3) is 0 Å². The first kappa shape index (κ1) is 54.8. The molecular weight excluding hydrogens is 719 g/mol. The van der Waals surface area contributed by atoms with Crippen molar-refractivity contribution in [1.29, 1.82) is 0 Å². The summed E-state index contributed by atoms with van der Waals surface area (Å²) >= 11 is 0. The van der Waals surface area contributed by atoms with E-state index in [4.69, 9.17) is 4.74 Å². The molecule has 0 rings (SSSR count). The highest BCUT2D eigenvalue weighted by atomic mass is 16.5. The summed E-state index contributed by atoms with van der Waals surface area (Å²) in [6, 6.07) is -0.721. The van der Waals surface area contributed by atoms with Crippen LogP contribution in [0, 0.1) is 0 Å². The van der Waals surface area contributed by atoms with E-state index in [1.54, 1.807) is 0 Å². The number of esters is 1. The summed E-state index contributed by atoms with van der Waals surface area (Å²) in [6.07, 6.45) is 58.9. The molecule has 330 valence electrons. The van der Waals surface area contributed by atoms with Gasteiger partial charge in [0.05, 0.1) is 25.2 Å². The van der Waals surface area contributed by atoms with E-state index < -0.39 is 18.2 Å². The lowest BCUT2D eigenvalue weighted by Gasteiger charge is -2.24. The number of amides is 1. The average Bonchev–Trinajstić information content (AvgIpc) is 3.22. The predicted molar refractivity (Wildman–Crippen MR) is 250 cm³/mol. The molecule has 0 spiro atoms. The highest BCUT2D eigenvalue weighted by Crippen LogP contribution is 2.16. The second kappa shape index (κ2) is 44.9. The van der Waals surface area contributed by atoms with Crippen LogP contribution < -0.4 is 5.32 Å². The Kier molecular flexibility index (Phi) is 42.4. The topological polar surface area (TPSA) is 95.9 Å². The van der Waals surface area contributed by atoms with Gasteiger partial charge >= 0.3 is 5.97 Å². The van der Waals surface area contributed by atoms with E-state index in [1.165, 1.54) is 57.8 Å². The Morgan fingerprint density at radius 3 is 1.47 bits per heavy atom. The lowest BCUT2D eigenvalue weighted by molar-refractivity contribution is -0.151. The number of hydrogen-bond acceptors (Lipinski definition) is 5. The first-order valence-corrected chi connectivity index (χ1v) is 23.6. The van der Waals surface area contributed by atoms with Gasteiger partial charge in [-0.05, 0) is 70.6 Å². The largest absolute Gasteiger partial charge is 0.462 e. The Hall–Kier alpha value is -3.22. The van der Waals surface area contributed by atoms with Crippen molar-refractivity contribution >= 4 is 11.9 Å². The summed E-state index contributed by atoms with van der Waals surface area (Å²) in [6.45, 7) is 6.25. The molecule has 0 aromatic rings. The number of allylic oxidation sites excluding steroid dienone is 16. The standard InChI is InChI=1S/C52H87NO5/c1-4-7-10-13-16-19-21-23-24-25-26-28-30-33-36-39-42-45-52(57)58-48(43-40-37-34-32-29-27-22-20-17-14-11-8-5-2)46-51(56)53-49(47-54)50(55)44-41-38-35-31-18-15-12-9-6-3/h7,10,13,16-17,19-28,30,48-50,54-55H,4-6,8-9,11-12,14-15,18,29,31-47H2,1-3H3,(H,53,56)/b10-7-,16-13+,20-17+,21-19+,24-23-,26-25+,27-22+,30-28+. The number of carbonyl (C=O) groups is 2. The minimum absolute atomic E-state index is 0.0395. The predicted octanol–water partition coefficient (Wildman–Crippen LogP) is 13.8. The van der Waals surface area contributed by atoms with E-state index in [2.05, 4.69) is 68.6 Å². The molecule has 1 amide bonds. The molecule has 0 saturated heterocycles. The normalized spacial score (nSPS) is 14.2. The van der Waals surface area contributed by atoms with Crippen molar-refractivity contribution in [2.24, 2.45) is 0 Å². The van der Waals surface area contributed by atoms with Crippen LogP contribution >= 0.6 is 0 Å². The smallest absolute Gasteiger partial charge is 0.306 e. The number of nitrogens with one attached hydrogen (secondary N) is 1. The SMILES string of the molecule is CC\C=C/C=C/C=C/C=C\C=C\C=C\CCCCCC(=O)OC(CCCCCC/C=C/C=C/CCCCC)CC(=O)NC(CO)C(O)CCCCCCCCCCC. The van der Waals surface area contributed by atoms with Crippen molar-refractivity contribution in [3.63, 3.8) is 0 Å². The number of ether oxygens (including phenoxy) is 1. The van der Waals surface area contributed by atoms with E-state index in [0.717, 1.165) is 89.9 Å². The van der Waals surface area contributed by atoms with Crippen LogP contribution in [0.5, 0.6) is 0 Å². The summed E-state index contributed by atoms with van der Waals surface area (Å²) in [7, 11) is 0. The molecule has 58 heavy (non-hydrogen) atoms. The van der Waals surface area contributed by atoms with Gasteiger partial charge in [0.2, 0.25) is 5.91 Å². The van der Waals surface area contributed by atoms with Crippen molar-refractivity contribution in [2.75, 3.05) is 6.61 Å². The number of aliphatic hydroxyl groups excluding tert-OH is 2. The zero-order valence-corrected chi connectivity index (χ0v) is 37.4. The molecular formula is C52H87NO5. The van der Waals surface area contributed by atoms with Crippen LogP contribution in [0.25, 0.3) is 0 Å². The Morgan fingerprint density at radius 2 is 0.931 bits per heavy atom. The quantitative estimate of drug-likeness (QED) is 0.0326. The lowest BCUT2D eigenvalue weighted by Crippen LogP contribution is -2.46. The van der Waals surface area contributed by atoms with Crippen molar-refractivity contribution in [1.82, 2.24) is 5.32 Å². The number of rotatable bonds is 40. The molecule has 3 atom stereocenters. The zero-order valence-electron chi connectivity index (χ0n) is 37.4. The van der Waals surface area contributed by atoms with Gasteiger partial charge in [-0.2, -0.15) is 0 Å². The number of carbonyl (C=O) groups excluding carboxylic acids is 2. The van der Waals surface area contributed by atoms with E-state index in [0.29, 0.717) is 19.3 Å². The third-order valence-electron chi connectivity index (χ3n) is 10.1. The first-order valence-electron chi connectivity index (χ1n) is 23.6. The van der Waals surface area contributed by atoms with Crippen molar-refractivity contribution in [3.8, 4) is 0 Å². The Morgan fingerprint density at radius 1 is 0.517 bits per heavy atom. The molecule has 6 heteroatoms. The van der Waals surface area contributed by atoms with Gasteiger partial charge in [0.1, 0.15) is 6.10 Å². The Bertz CT molecular complexity index is 1180. The zero-order chi connectivity index (χ0) is 42.4. The third-order valence-corrected chi connectivity index (χ3v) is 10.1. The van der Waals surface area contributed by atoms with Crippen LogP contribution in [0.4, 0.5) is 0 Å². The van der Waals surface area contributed by atoms with E-state index >= 15 is 0 Å². The second-order valence-electron chi connectivity index (χ2n) is 15.6. The highest BCUT2D eigenvalue weighted by molar-refractivity contribution is 5.77. The number of hydrogen-bond donors (Lipinski definition) is 3. The summed E-state index contributed by atoms with van der Waals surface area (Å²) in [4.78, 5) is 26.0. The van der Waals surface area contributed by atoms with Crippen molar-refractivity contribution < 1.29 is 24.5 Å². The molecule has 3 unspecified atom stereocenters. The fraction of sp³-hybridized carbons (Fsp3) is 0.654. The van der Waals surface area contributed by atoms with Gasteiger partial charge in [-0.25, -0.2) is 0 Å². The maximum atomic E-state index is 13.1. The van der Waals surface area contributed by atoms with E-state index in [9.17, 15) is 19.8 Å². The maximum Gasteiger partial charge on any atom is 0.306 e. The second-order valence-corrected chi connectivity index (χ2v) is 15.6. The summed E-state index contributed by atoms with van der Waals surface area (Å²) in [5.41, 5.74) is 0. The highest BCUT2D eigenvalue weighted by Gasteiger charge is 2.24. The molecule has 0 saturated carbocycles. The lowest BCUT2D eigenvalue weighted by atomic mass is 10.0. The molecule has 0 aliphatic carbocycles. The van der Waals surface area contributed by atoms with Gasteiger partial charge < -0.3 is 20.3 Å². The molecule has 0 heterocycles. The third kappa shape index (κ3) is 39.6. The van der Waals surface area contributed by atoms with Crippen molar-refractivity contribution in [3.05, 3.63) is 97.2 Å². The Balaban J connectivity index is 4.75. The average molecular weight is 806 g/mol. The fourth-order valence-corrected chi connectivity index (χ4v) is 6.51. The van der Waals surface area contributed by atoms with Crippen LogP contribution in [0.15, 0.2) is 97.2 Å². The van der Waals surface area contributed by atoms with Gasteiger partial charge in [0, 0.05) is 6.42 Å². The summed E-state index contributed by atoms with van der Waals surface area (Å²) in [5, 5.41) is 23.6. The molecule has 6 nitrogen and oxygen atoms in total. The van der Waals surface area contributed by atoms with E-state index in [1.807, 2.05) is 54.7 Å². The van der Waals surface area contributed by atoms with Crippen LogP contribution in [-0.2, 0) is 14.3 Å². The summed E-state index contributed by atoms with van der Waals surface area (Å²) < 4.78 is 5.88. The minimum atomic E-state index is -0.805. The monoisotopic (exact) mass is 806 g/mol. The van der Waals surface area contributed by atoms with Crippen LogP contribution in [0.2, 0.25) is 0 Å². The number of aliphatic hydroxyl groups is 2. The van der Waals surface area contributed by atoms with E-state index in [-0.39, 0.29) is 24.9 Å². The Labute approximate surface area is 356 Å². The van der Waals surface area contributed by atoms with Crippen LogP contribution in [0.1, 0.15) is 194 Å². The minimum Gasteiger partial charge on any atom is -0.462 e. The summed E-state index contributed by atoms with van der Waals surface area (Å²) in [5.74, 6) is -0.557. The molecule has 3 N–H and O–H groups in total. The van der Waals surface area contributed by atoms with Gasteiger partial charge in [-0.3, -0.25) is 9.59 Å². The molecule has 0 aliphatic rings. The molecule has 0 bridgehead atoms. The van der Waals surface area contributed by atoms with Gasteiger partial charge in [0.15, 0.2) is 0 Å². The molecule has 0 aromatic carbocycles. The van der Waals surface area contributed by atoms with Crippen LogP contribution in [-0.4, -0.2) is 46.9 Å². The molecule has 0 aromatic heterocycles. The van der Waals surface area contributed by atoms with Gasteiger partial charge in [-0.1, -0.05) is 208 Å². The number of unbranched alkanes of at least 4 members (excludes halogenated alkanes) is 18. The maximum absolute atomic E-state index is 13.1.